The van der Waals surface area contributed by atoms with Crippen LogP contribution < -0.4 is 32.4 Å². The molecule has 10 atom stereocenters. The molecule has 306 valence electrons. The van der Waals surface area contributed by atoms with Gasteiger partial charge in [-0.15, -0.1) is 0 Å². The van der Waals surface area contributed by atoms with Gasteiger partial charge in [-0.05, 0) is 0 Å². The van der Waals surface area contributed by atoms with Crippen molar-refractivity contribution in [1.82, 2.24) is 29.5 Å². The number of hydrogen-bond donors (Lipinski definition) is 9. The summed E-state index contributed by atoms with van der Waals surface area (Å²) in [4.78, 5) is 64.4. The molecule has 3 aliphatic heterocycles. The molecule has 27 nitrogen and oxygen atoms in total. The number of nitrogens with two attached hydrogens (primary N) is 2. The number of H-pyrrole nitrogens is 2. The van der Waals surface area contributed by atoms with Crippen molar-refractivity contribution in [2.45, 2.75) is 49.1 Å². The first-order valence-electron chi connectivity index (χ1n) is 16.3. The predicted molar refractivity (Wildman–Crippen MR) is 183 cm³/mol. The summed E-state index contributed by atoms with van der Waals surface area (Å²) < 4.78 is 67.9. The Morgan fingerprint density at radius 3 is 2.07 bits per heavy atom. The lowest BCUT2D eigenvalue weighted by atomic mass is 10.1. The number of hydrogen-bond acceptors (Lipinski definition) is 22. The molecule has 0 radical (unpaired) electrons. The number of fused-ring (bicyclic) bond motifs is 2. The standard InChI is InChI=1S/C26H40N10O17P2/c1-34-10-36(20-14(34)22(41)33-26(28)31-20)23-17(39)15(37)11(52-23)7-50-54(42,43)48-5-3-47-4-6-49-55(44,45)51-8-12-16(38)18(46-2)24(53-12)35-9-29-13-19(35)30-25(27)32-21(13)40/h9,11-12,15-18,23-24,37-39H,3-8,10H2,1-2H3,(H,42,43)(H,44,45)(H3,27,30,32,40)(H3,28,31,33,41)/t11-,12-,15-,16-,17-,18-,23-,24-/m1/s1. The van der Waals surface area contributed by atoms with Crippen LogP contribution in [-0.4, -0.2) is 158 Å². The van der Waals surface area contributed by atoms with E-state index in [0.717, 1.165) is 0 Å². The Labute approximate surface area is 308 Å². The van der Waals surface area contributed by atoms with E-state index in [2.05, 4.69) is 24.9 Å². The first kappa shape index (κ1) is 41.0. The SMILES string of the molecule is CO[C@@H]1[C@H](O)[C@@H](COP(=O)(O)OCCOCCOP(=O)(O)OC[C@H]2O[C@@H](N3CN(C)c4c3nc(N)[nH]c4=O)[C@H](O)[C@@H]2O)O[C@H]1n1cnc2c(=O)[nH]c(N)nc21. The van der Waals surface area contributed by atoms with E-state index in [4.69, 9.17) is 48.5 Å². The number of phosphoric acid groups is 2. The van der Waals surface area contributed by atoms with Gasteiger partial charge in [0, 0.05) is 14.2 Å². The monoisotopic (exact) mass is 826 g/mol. The van der Waals surface area contributed by atoms with E-state index in [0.29, 0.717) is 0 Å². The van der Waals surface area contributed by atoms with Gasteiger partial charge in [0.2, 0.25) is 11.9 Å². The van der Waals surface area contributed by atoms with Crippen LogP contribution in [-0.2, 0) is 46.2 Å². The van der Waals surface area contributed by atoms with E-state index in [1.54, 1.807) is 7.05 Å². The van der Waals surface area contributed by atoms with Crippen molar-refractivity contribution in [2.75, 3.05) is 81.7 Å². The van der Waals surface area contributed by atoms with Gasteiger partial charge < -0.3 is 65.3 Å². The molecule has 6 rings (SSSR count). The second kappa shape index (κ2) is 16.5. The molecule has 2 fully saturated rings. The number of nitrogen functional groups attached to an aromatic ring is 2. The number of anilines is 4. The molecular formula is C26H40N10O17P2. The van der Waals surface area contributed by atoms with Gasteiger partial charge in [0.25, 0.3) is 11.1 Å². The third-order valence-electron chi connectivity index (χ3n) is 8.64. The van der Waals surface area contributed by atoms with Gasteiger partial charge in [-0.2, -0.15) is 9.97 Å². The zero-order valence-corrected chi connectivity index (χ0v) is 30.8. The molecular weight excluding hydrogens is 786 g/mol. The normalized spacial score (nSPS) is 28.9. The number of ether oxygens (including phenoxy) is 4. The van der Waals surface area contributed by atoms with E-state index in [9.17, 15) is 43.8 Å². The number of methoxy groups -OCH3 is 1. The second-order valence-corrected chi connectivity index (χ2v) is 15.2. The Morgan fingerprint density at radius 1 is 0.855 bits per heavy atom. The zero-order chi connectivity index (χ0) is 39.8. The zero-order valence-electron chi connectivity index (χ0n) is 29.0. The highest BCUT2D eigenvalue weighted by molar-refractivity contribution is 7.47. The number of nitrogens with zero attached hydrogens (tertiary/aromatic N) is 6. The van der Waals surface area contributed by atoms with Crippen LogP contribution in [0.4, 0.5) is 23.4 Å². The fraction of sp³-hybridized carbons (Fsp3) is 0.654. The van der Waals surface area contributed by atoms with Gasteiger partial charge in [-0.25, -0.2) is 14.1 Å². The molecule has 2 saturated heterocycles. The predicted octanol–water partition coefficient (Wildman–Crippen LogP) is -3.71. The van der Waals surface area contributed by atoms with E-state index in [1.807, 2.05) is 0 Å². The molecule has 2 unspecified atom stereocenters. The first-order chi connectivity index (χ1) is 26.0. The highest BCUT2D eigenvalue weighted by Gasteiger charge is 2.50. The topological polar surface area (TPSA) is 377 Å². The van der Waals surface area contributed by atoms with E-state index in [-0.39, 0.29) is 54.4 Å². The smallest absolute Gasteiger partial charge is 0.387 e. The maximum Gasteiger partial charge on any atom is 0.472 e. The summed E-state index contributed by atoms with van der Waals surface area (Å²) in [6, 6.07) is 0. The highest BCUT2D eigenvalue weighted by Crippen LogP contribution is 2.46. The molecule has 0 saturated carbocycles. The van der Waals surface area contributed by atoms with Crippen LogP contribution in [0.25, 0.3) is 11.2 Å². The van der Waals surface area contributed by atoms with Crippen LogP contribution in [0.3, 0.4) is 0 Å². The number of aliphatic hydroxyl groups excluding tert-OH is 3. The lowest BCUT2D eigenvalue weighted by molar-refractivity contribution is -0.0587. The van der Waals surface area contributed by atoms with Gasteiger partial charge in [0.1, 0.15) is 42.3 Å². The molecule has 3 aliphatic rings. The van der Waals surface area contributed by atoms with Crippen molar-refractivity contribution in [3.05, 3.63) is 27.0 Å². The average Bonchev–Trinajstić information content (AvgIpc) is 3.84. The molecule has 0 amide bonds. The van der Waals surface area contributed by atoms with Crippen molar-refractivity contribution in [3.8, 4) is 0 Å². The minimum absolute atomic E-state index is 0.0433. The van der Waals surface area contributed by atoms with Crippen LogP contribution in [0.1, 0.15) is 6.23 Å². The lowest BCUT2D eigenvalue weighted by Crippen LogP contribution is -2.45. The van der Waals surface area contributed by atoms with Crippen molar-refractivity contribution in [3.63, 3.8) is 0 Å². The van der Waals surface area contributed by atoms with Gasteiger partial charge in [0.05, 0.1) is 52.6 Å². The number of rotatable bonds is 17. The minimum Gasteiger partial charge on any atom is -0.387 e. The average molecular weight is 827 g/mol. The summed E-state index contributed by atoms with van der Waals surface area (Å²) in [5.74, 6) is -0.250. The first-order valence-corrected chi connectivity index (χ1v) is 19.3. The highest BCUT2D eigenvalue weighted by atomic mass is 31.2. The number of aromatic amines is 2. The maximum atomic E-state index is 12.5. The Balaban J connectivity index is 0.889. The van der Waals surface area contributed by atoms with Crippen molar-refractivity contribution < 1.29 is 71.3 Å². The Hall–Kier alpha value is -3.63. The summed E-state index contributed by atoms with van der Waals surface area (Å²) in [5.41, 5.74) is 10.4. The largest absolute Gasteiger partial charge is 0.472 e. The molecule has 55 heavy (non-hydrogen) atoms. The van der Waals surface area contributed by atoms with Crippen molar-refractivity contribution >= 4 is 50.2 Å². The Morgan fingerprint density at radius 2 is 1.44 bits per heavy atom. The minimum atomic E-state index is -4.72. The van der Waals surface area contributed by atoms with Crippen molar-refractivity contribution in [2.24, 2.45) is 0 Å². The summed E-state index contributed by atoms with van der Waals surface area (Å²) >= 11 is 0. The molecule has 29 heteroatoms. The van der Waals surface area contributed by atoms with E-state index >= 15 is 0 Å². The summed E-state index contributed by atoms with van der Waals surface area (Å²) in [7, 11) is -6.52. The van der Waals surface area contributed by atoms with Crippen molar-refractivity contribution in [1.29, 1.82) is 0 Å². The van der Waals surface area contributed by atoms with Gasteiger partial charge in [-0.1, -0.05) is 0 Å². The quantitative estimate of drug-likeness (QED) is 0.0467. The molecule has 3 aromatic heterocycles. The Bertz CT molecular complexity index is 2050. The fourth-order valence-corrected chi connectivity index (χ4v) is 7.54. The number of phosphoric ester groups is 2. The number of aliphatic hydroxyl groups is 3. The Kier molecular flexibility index (Phi) is 12.3. The summed E-state index contributed by atoms with van der Waals surface area (Å²) in [5, 5.41) is 31.9. The van der Waals surface area contributed by atoms with Crippen LogP contribution in [0.15, 0.2) is 15.9 Å². The van der Waals surface area contributed by atoms with Crippen LogP contribution in [0.5, 0.6) is 0 Å². The second-order valence-electron chi connectivity index (χ2n) is 12.3. The number of aromatic nitrogens is 6. The summed E-state index contributed by atoms with van der Waals surface area (Å²) in [6.45, 7) is -2.74. The van der Waals surface area contributed by atoms with E-state index < -0.39 is 102 Å². The molecule has 0 spiro atoms. The molecule has 0 aliphatic carbocycles. The molecule has 3 aromatic rings. The summed E-state index contributed by atoms with van der Waals surface area (Å²) in [6.07, 6.45) is -8.99. The molecule has 11 N–H and O–H groups in total. The van der Waals surface area contributed by atoms with E-state index in [1.165, 1.54) is 27.8 Å². The van der Waals surface area contributed by atoms with Crippen LogP contribution in [0.2, 0.25) is 0 Å². The lowest BCUT2D eigenvalue weighted by Gasteiger charge is -2.27. The van der Waals surface area contributed by atoms with Crippen LogP contribution in [0, 0.1) is 0 Å². The third kappa shape index (κ3) is 8.85. The molecule has 0 aromatic carbocycles. The maximum absolute atomic E-state index is 12.5. The van der Waals surface area contributed by atoms with Crippen LogP contribution >= 0.6 is 15.6 Å². The number of imidazole rings is 1. The number of nitrogens with one attached hydrogen (secondary N) is 2. The van der Waals surface area contributed by atoms with Gasteiger partial charge in [0.15, 0.2) is 29.4 Å². The van der Waals surface area contributed by atoms with Gasteiger partial charge >= 0.3 is 15.6 Å². The third-order valence-corrected chi connectivity index (χ3v) is 10.6. The molecule has 6 heterocycles. The fourth-order valence-electron chi connectivity index (χ4n) is 6.11. The molecule has 0 bridgehead atoms. The van der Waals surface area contributed by atoms with Gasteiger partial charge in [-0.3, -0.25) is 42.2 Å².